The lowest BCUT2D eigenvalue weighted by Crippen LogP contribution is -2.28. The zero-order chi connectivity index (χ0) is 22.4. The summed E-state index contributed by atoms with van der Waals surface area (Å²) < 4.78 is 6.36. The second-order valence-electron chi connectivity index (χ2n) is 12.2. The molecule has 1 heteroatoms. The van der Waals surface area contributed by atoms with Crippen LogP contribution in [0.2, 0.25) is 0 Å². The zero-order valence-corrected chi connectivity index (χ0v) is 22.1. The van der Waals surface area contributed by atoms with E-state index in [1.165, 1.54) is 141 Å². The maximum absolute atomic E-state index is 6.36. The van der Waals surface area contributed by atoms with Crippen LogP contribution in [-0.4, -0.2) is 12.7 Å². The highest BCUT2D eigenvalue weighted by Gasteiger charge is 2.31. The van der Waals surface area contributed by atoms with Crippen molar-refractivity contribution >= 4 is 0 Å². The summed E-state index contributed by atoms with van der Waals surface area (Å²) in [6, 6.07) is 0. The Morgan fingerprint density at radius 1 is 0.469 bits per heavy atom. The first-order valence-electron chi connectivity index (χ1n) is 15.4. The molecule has 0 aromatic rings. The second-order valence-corrected chi connectivity index (χ2v) is 12.2. The minimum atomic E-state index is 0.589. The van der Waals surface area contributed by atoms with Crippen LogP contribution in [0, 0.1) is 29.6 Å². The van der Waals surface area contributed by atoms with Gasteiger partial charge in [0.2, 0.25) is 0 Å². The Kier molecular flexibility index (Phi) is 13.1. The van der Waals surface area contributed by atoms with Crippen LogP contribution in [0.1, 0.15) is 155 Å². The van der Waals surface area contributed by atoms with Gasteiger partial charge in [0.05, 0.1) is 6.10 Å². The van der Waals surface area contributed by atoms with Gasteiger partial charge < -0.3 is 4.74 Å². The molecule has 188 valence electrons. The number of rotatable bonds is 14. The fraction of sp³-hybridized carbons (Fsp3) is 1.00. The highest BCUT2D eigenvalue weighted by atomic mass is 16.5. The maximum atomic E-state index is 6.36. The summed E-state index contributed by atoms with van der Waals surface area (Å²) in [5.41, 5.74) is 0. The number of hydrogen-bond donors (Lipinski definition) is 0. The number of hydrogen-bond acceptors (Lipinski definition) is 1. The fourth-order valence-corrected chi connectivity index (χ4v) is 7.55. The van der Waals surface area contributed by atoms with Crippen LogP contribution in [0.25, 0.3) is 0 Å². The van der Waals surface area contributed by atoms with Gasteiger partial charge in [0.15, 0.2) is 0 Å². The molecule has 0 radical (unpaired) electrons. The van der Waals surface area contributed by atoms with E-state index in [-0.39, 0.29) is 0 Å². The molecule has 0 amide bonds. The van der Waals surface area contributed by atoms with Gasteiger partial charge in [0, 0.05) is 6.61 Å². The molecule has 0 unspecified atom stereocenters. The molecular weight excluding hydrogens is 388 g/mol. The number of unbranched alkanes of at least 4 members (excludes halogenated alkanes) is 4. The topological polar surface area (TPSA) is 9.23 Å². The Hall–Kier alpha value is -0.0400. The molecule has 3 rings (SSSR count). The Bertz CT molecular complexity index is 435. The third kappa shape index (κ3) is 9.68. The minimum Gasteiger partial charge on any atom is -0.378 e. The average Bonchev–Trinajstić information content (AvgIpc) is 2.84. The third-order valence-corrected chi connectivity index (χ3v) is 9.77. The zero-order valence-electron chi connectivity index (χ0n) is 22.1. The van der Waals surface area contributed by atoms with Gasteiger partial charge in [0.25, 0.3) is 0 Å². The summed E-state index contributed by atoms with van der Waals surface area (Å²) in [5.74, 6) is 5.20. The first kappa shape index (κ1) is 26.6. The van der Waals surface area contributed by atoms with Crippen LogP contribution in [0.4, 0.5) is 0 Å². The van der Waals surface area contributed by atoms with E-state index in [0.717, 1.165) is 36.2 Å². The van der Waals surface area contributed by atoms with E-state index in [4.69, 9.17) is 4.74 Å². The molecule has 0 aromatic heterocycles. The fourth-order valence-electron chi connectivity index (χ4n) is 7.55. The van der Waals surface area contributed by atoms with Crippen molar-refractivity contribution in [1.29, 1.82) is 0 Å². The second kappa shape index (κ2) is 15.8. The van der Waals surface area contributed by atoms with Gasteiger partial charge in [-0.25, -0.2) is 0 Å². The molecule has 0 atom stereocenters. The molecular formula is C31H58O. The molecule has 1 nitrogen and oxygen atoms in total. The Balaban J connectivity index is 1.18. The van der Waals surface area contributed by atoms with Gasteiger partial charge in [0.1, 0.15) is 0 Å². The van der Waals surface area contributed by atoms with Gasteiger partial charge in [-0.1, -0.05) is 104 Å². The largest absolute Gasteiger partial charge is 0.378 e. The summed E-state index contributed by atoms with van der Waals surface area (Å²) in [6.45, 7) is 5.70. The quantitative estimate of drug-likeness (QED) is 0.241. The van der Waals surface area contributed by atoms with E-state index >= 15 is 0 Å². The average molecular weight is 447 g/mol. The molecule has 0 bridgehead atoms. The molecule has 0 heterocycles. The molecule has 3 aliphatic rings. The van der Waals surface area contributed by atoms with Crippen molar-refractivity contribution in [2.75, 3.05) is 6.61 Å². The summed E-state index contributed by atoms with van der Waals surface area (Å²) in [7, 11) is 0. The van der Waals surface area contributed by atoms with E-state index in [1.807, 2.05) is 0 Å². The molecule has 32 heavy (non-hydrogen) atoms. The van der Waals surface area contributed by atoms with E-state index in [9.17, 15) is 0 Å². The first-order chi connectivity index (χ1) is 15.8. The van der Waals surface area contributed by atoms with Crippen molar-refractivity contribution in [2.45, 2.75) is 161 Å². The molecule has 3 fully saturated rings. The molecule has 0 aromatic carbocycles. The van der Waals surface area contributed by atoms with Crippen molar-refractivity contribution < 1.29 is 4.74 Å². The summed E-state index contributed by atoms with van der Waals surface area (Å²) in [6.07, 6.45) is 32.7. The third-order valence-electron chi connectivity index (χ3n) is 9.77. The lowest BCUT2D eigenvalue weighted by atomic mass is 9.70. The predicted molar refractivity (Wildman–Crippen MR) is 140 cm³/mol. The Labute approximate surface area is 202 Å². The van der Waals surface area contributed by atoms with Crippen molar-refractivity contribution in [2.24, 2.45) is 29.6 Å². The molecule has 0 saturated heterocycles. The normalized spacial score (nSPS) is 33.9. The van der Waals surface area contributed by atoms with Gasteiger partial charge >= 0.3 is 0 Å². The van der Waals surface area contributed by atoms with Crippen LogP contribution in [0.15, 0.2) is 0 Å². The van der Waals surface area contributed by atoms with Crippen LogP contribution in [0.5, 0.6) is 0 Å². The highest BCUT2D eigenvalue weighted by molar-refractivity contribution is 4.82. The van der Waals surface area contributed by atoms with E-state index in [1.54, 1.807) is 0 Å². The molecule has 0 N–H and O–H groups in total. The molecule has 3 saturated carbocycles. The van der Waals surface area contributed by atoms with Crippen molar-refractivity contribution in [1.82, 2.24) is 0 Å². The molecule has 3 aliphatic carbocycles. The number of ether oxygens (including phenoxy) is 1. The lowest BCUT2D eigenvalue weighted by molar-refractivity contribution is 0.00367. The first-order valence-corrected chi connectivity index (χ1v) is 15.4. The minimum absolute atomic E-state index is 0.589. The van der Waals surface area contributed by atoms with Crippen molar-refractivity contribution in [3.63, 3.8) is 0 Å². The maximum Gasteiger partial charge on any atom is 0.0575 e. The van der Waals surface area contributed by atoms with E-state index in [2.05, 4.69) is 13.8 Å². The Morgan fingerprint density at radius 2 is 0.969 bits per heavy atom. The molecule has 0 spiro atoms. The van der Waals surface area contributed by atoms with Crippen molar-refractivity contribution in [3.05, 3.63) is 0 Å². The summed E-state index contributed by atoms with van der Waals surface area (Å²) in [5, 5.41) is 0. The van der Waals surface area contributed by atoms with Gasteiger partial charge in [-0.2, -0.15) is 0 Å². The SMILES string of the molecule is CCCCCCCC1CCC(C2CCC(OCCCC3CCC(CCC)CC3)CC2)CC1. The Morgan fingerprint density at radius 3 is 1.56 bits per heavy atom. The monoisotopic (exact) mass is 446 g/mol. The predicted octanol–water partition coefficient (Wildman–Crippen LogP) is 10.1. The smallest absolute Gasteiger partial charge is 0.0575 e. The van der Waals surface area contributed by atoms with Crippen LogP contribution >= 0.6 is 0 Å². The van der Waals surface area contributed by atoms with Crippen LogP contribution in [0.3, 0.4) is 0 Å². The van der Waals surface area contributed by atoms with E-state index < -0.39 is 0 Å². The van der Waals surface area contributed by atoms with Crippen LogP contribution in [-0.2, 0) is 4.74 Å². The van der Waals surface area contributed by atoms with Crippen molar-refractivity contribution in [3.8, 4) is 0 Å². The molecule has 0 aliphatic heterocycles. The summed E-state index contributed by atoms with van der Waals surface area (Å²) >= 11 is 0. The standard InChI is InChI=1S/C31H58O/c1-3-5-6-7-8-11-27-17-19-29(20-18-27)30-21-23-31(24-22-30)32-25-9-12-28-15-13-26(10-4-2)14-16-28/h26-31H,3-25H2,1-2H3. The highest BCUT2D eigenvalue weighted by Crippen LogP contribution is 2.41. The van der Waals surface area contributed by atoms with Gasteiger partial charge in [-0.3, -0.25) is 0 Å². The lowest BCUT2D eigenvalue weighted by Gasteiger charge is -2.38. The van der Waals surface area contributed by atoms with Gasteiger partial charge in [-0.15, -0.1) is 0 Å². The van der Waals surface area contributed by atoms with Crippen LogP contribution < -0.4 is 0 Å². The van der Waals surface area contributed by atoms with E-state index in [0.29, 0.717) is 6.10 Å². The summed E-state index contributed by atoms with van der Waals surface area (Å²) in [4.78, 5) is 0. The van der Waals surface area contributed by atoms with Gasteiger partial charge in [-0.05, 0) is 81.0 Å².